The van der Waals surface area contributed by atoms with E-state index >= 15 is 0 Å². The van der Waals surface area contributed by atoms with Crippen molar-refractivity contribution < 1.29 is 22.6 Å². The molecule has 78 valence electrons. The largest absolute Gasteiger partial charge is 0.409 e. The Morgan fingerprint density at radius 3 is 2.38 bits per heavy atom. The van der Waals surface area contributed by atoms with Crippen LogP contribution in [0.3, 0.4) is 0 Å². The highest BCUT2D eigenvalue weighted by Crippen LogP contribution is 2.16. The molecule has 0 aromatic carbocycles. The molecule has 0 spiro atoms. The third-order valence-corrected chi connectivity index (χ3v) is 1.22. The molecule has 0 aromatic rings. The van der Waals surface area contributed by atoms with Gasteiger partial charge in [0.2, 0.25) is 0 Å². The lowest BCUT2D eigenvalue weighted by Crippen LogP contribution is -2.11. The first kappa shape index (κ1) is 12.4. The molecule has 1 atom stereocenters. The van der Waals surface area contributed by atoms with Gasteiger partial charge in [-0.25, -0.2) is 0 Å². The van der Waals surface area contributed by atoms with Crippen LogP contribution in [0.5, 0.6) is 0 Å². The number of hydrogen-bond donors (Lipinski definition) is 0. The number of rotatable bonds is 5. The zero-order chi connectivity index (χ0) is 10.3. The van der Waals surface area contributed by atoms with Crippen molar-refractivity contribution >= 4 is 0 Å². The van der Waals surface area contributed by atoms with Crippen LogP contribution >= 0.6 is 0 Å². The van der Waals surface area contributed by atoms with Crippen LogP contribution in [0.4, 0.5) is 13.2 Å². The van der Waals surface area contributed by atoms with Crippen molar-refractivity contribution in [3.8, 4) is 0 Å². The average molecular weight is 198 g/mol. The monoisotopic (exact) mass is 198 g/mol. The summed E-state index contributed by atoms with van der Waals surface area (Å²) in [4.78, 5) is 0. The van der Waals surface area contributed by atoms with Gasteiger partial charge in [-0.05, 0) is 6.92 Å². The van der Waals surface area contributed by atoms with Crippen LogP contribution in [-0.2, 0) is 9.47 Å². The SMILES string of the molecule is COCCOC(C)C=CC(F)(F)F. The summed E-state index contributed by atoms with van der Waals surface area (Å²) in [6.07, 6.45) is -3.67. The fourth-order valence-corrected chi connectivity index (χ4v) is 0.618. The van der Waals surface area contributed by atoms with E-state index in [-0.39, 0.29) is 6.08 Å². The Morgan fingerprint density at radius 2 is 1.92 bits per heavy atom. The standard InChI is InChI=1S/C8H13F3O2/c1-7(13-6-5-12-2)3-4-8(9,10)11/h3-4,7H,5-6H2,1-2H3. The molecule has 1 unspecified atom stereocenters. The van der Waals surface area contributed by atoms with E-state index in [0.717, 1.165) is 6.08 Å². The summed E-state index contributed by atoms with van der Waals surface area (Å²) in [6.45, 7) is 2.21. The molecular formula is C8H13F3O2. The summed E-state index contributed by atoms with van der Waals surface area (Å²) in [5.74, 6) is 0. The molecule has 5 heteroatoms. The normalized spacial score (nSPS) is 15.2. The zero-order valence-corrected chi connectivity index (χ0v) is 7.60. The lowest BCUT2D eigenvalue weighted by atomic mass is 10.3. The van der Waals surface area contributed by atoms with Crippen LogP contribution in [0.1, 0.15) is 6.92 Å². The van der Waals surface area contributed by atoms with Gasteiger partial charge in [-0.15, -0.1) is 0 Å². The highest BCUT2D eigenvalue weighted by Gasteiger charge is 2.22. The van der Waals surface area contributed by atoms with Crippen LogP contribution in [0.15, 0.2) is 12.2 Å². The Bertz CT molecular complexity index is 154. The molecule has 0 bridgehead atoms. The summed E-state index contributed by atoms with van der Waals surface area (Å²) in [5, 5.41) is 0. The van der Waals surface area contributed by atoms with Crippen molar-refractivity contribution in [2.24, 2.45) is 0 Å². The van der Waals surface area contributed by atoms with E-state index in [2.05, 4.69) is 4.74 Å². The third-order valence-electron chi connectivity index (χ3n) is 1.22. The molecule has 2 nitrogen and oxygen atoms in total. The number of methoxy groups -OCH3 is 1. The molecule has 0 aromatic heterocycles. The minimum Gasteiger partial charge on any atom is -0.382 e. The van der Waals surface area contributed by atoms with E-state index in [9.17, 15) is 13.2 Å². The number of ether oxygens (including phenoxy) is 2. The van der Waals surface area contributed by atoms with Gasteiger partial charge >= 0.3 is 6.18 Å². The first-order valence-electron chi connectivity index (χ1n) is 3.82. The fraction of sp³-hybridized carbons (Fsp3) is 0.750. The Morgan fingerprint density at radius 1 is 1.31 bits per heavy atom. The van der Waals surface area contributed by atoms with Crippen molar-refractivity contribution in [1.82, 2.24) is 0 Å². The molecule has 0 aliphatic rings. The minimum atomic E-state index is -4.27. The fourth-order valence-electron chi connectivity index (χ4n) is 0.618. The van der Waals surface area contributed by atoms with Crippen molar-refractivity contribution in [1.29, 1.82) is 0 Å². The molecule has 0 radical (unpaired) electrons. The van der Waals surface area contributed by atoms with Gasteiger partial charge in [0.1, 0.15) is 0 Å². The maximum absolute atomic E-state index is 11.6. The van der Waals surface area contributed by atoms with E-state index in [1.54, 1.807) is 0 Å². The second-order valence-electron chi connectivity index (χ2n) is 2.47. The second kappa shape index (κ2) is 5.99. The van der Waals surface area contributed by atoms with Gasteiger partial charge in [0.25, 0.3) is 0 Å². The molecule has 0 aliphatic heterocycles. The van der Waals surface area contributed by atoms with Crippen LogP contribution < -0.4 is 0 Å². The first-order valence-corrected chi connectivity index (χ1v) is 3.82. The summed E-state index contributed by atoms with van der Waals surface area (Å²) in [6, 6.07) is 0. The van der Waals surface area contributed by atoms with Gasteiger partial charge in [-0.1, -0.05) is 6.08 Å². The summed E-state index contributed by atoms with van der Waals surface area (Å²) < 4.78 is 44.5. The summed E-state index contributed by atoms with van der Waals surface area (Å²) >= 11 is 0. The third kappa shape index (κ3) is 9.36. The maximum atomic E-state index is 11.6. The topological polar surface area (TPSA) is 18.5 Å². The smallest absolute Gasteiger partial charge is 0.382 e. The van der Waals surface area contributed by atoms with Crippen molar-refractivity contribution in [3.63, 3.8) is 0 Å². The van der Waals surface area contributed by atoms with E-state index < -0.39 is 12.3 Å². The van der Waals surface area contributed by atoms with E-state index in [4.69, 9.17) is 4.74 Å². The number of alkyl halides is 3. The van der Waals surface area contributed by atoms with Crippen molar-refractivity contribution in [2.75, 3.05) is 20.3 Å². The molecule has 0 saturated heterocycles. The van der Waals surface area contributed by atoms with Gasteiger partial charge in [-0.3, -0.25) is 0 Å². The molecule has 0 saturated carbocycles. The molecule has 0 N–H and O–H groups in total. The molecule has 13 heavy (non-hydrogen) atoms. The number of halogens is 3. The Labute approximate surface area is 75.3 Å². The molecule has 0 aliphatic carbocycles. The number of hydrogen-bond acceptors (Lipinski definition) is 2. The van der Waals surface area contributed by atoms with Crippen LogP contribution in [0, 0.1) is 0 Å². The molecule has 0 fully saturated rings. The minimum absolute atomic E-state index is 0.171. The van der Waals surface area contributed by atoms with Crippen LogP contribution in [0.25, 0.3) is 0 Å². The maximum Gasteiger partial charge on any atom is 0.409 e. The van der Waals surface area contributed by atoms with Crippen molar-refractivity contribution in [2.45, 2.75) is 19.2 Å². The number of allylic oxidation sites excluding steroid dienone is 1. The van der Waals surface area contributed by atoms with Gasteiger partial charge in [-0.2, -0.15) is 13.2 Å². The quantitative estimate of drug-likeness (QED) is 0.497. The Balaban J connectivity index is 3.61. The van der Waals surface area contributed by atoms with Gasteiger partial charge < -0.3 is 9.47 Å². The predicted molar refractivity (Wildman–Crippen MR) is 42.5 cm³/mol. The Hall–Kier alpha value is -0.550. The summed E-state index contributed by atoms with van der Waals surface area (Å²) in [7, 11) is 1.50. The molecule has 0 rings (SSSR count). The lowest BCUT2D eigenvalue weighted by molar-refractivity contribution is -0.0809. The Kier molecular flexibility index (Phi) is 5.73. The molecule has 0 amide bonds. The second-order valence-corrected chi connectivity index (χ2v) is 2.47. The highest BCUT2D eigenvalue weighted by molar-refractivity contribution is 4.92. The molecular weight excluding hydrogens is 185 g/mol. The van der Waals surface area contributed by atoms with E-state index in [0.29, 0.717) is 13.2 Å². The first-order chi connectivity index (χ1) is 5.95. The van der Waals surface area contributed by atoms with Gasteiger partial charge in [0.15, 0.2) is 0 Å². The predicted octanol–water partition coefficient (Wildman–Crippen LogP) is 2.16. The molecule has 0 heterocycles. The average Bonchev–Trinajstić information content (AvgIpc) is 2.00. The summed E-state index contributed by atoms with van der Waals surface area (Å²) in [5.41, 5.74) is 0. The zero-order valence-electron chi connectivity index (χ0n) is 7.60. The van der Waals surface area contributed by atoms with Crippen LogP contribution in [0.2, 0.25) is 0 Å². The van der Waals surface area contributed by atoms with Crippen LogP contribution in [-0.4, -0.2) is 32.6 Å². The van der Waals surface area contributed by atoms with Gasteiger partial charge in [0, 0.05) is 13.2 Å². The lowest BCUT2D eigenvalue weighted by Gasteiger charge is -2.08. The van der Waals surface area contributed by atoms with E-state index in [1.165, 1.54) is 14.0 Å². The van der Waals surface area contributed by atoms with Gasteiger partial charge in [0.05, 0.1) is 19.3 Å². The van der Waals surface area contributed by atoms with E-state index in [1.807, 2.05) is 0 Å². The highest BCUT2D eigenvalue weighted by atomic mass is 19.4. The van der Waals surface area contributed by atoms with Crippen molar-refractivity contribution in [3.05, 3.63) is 12.2 Å².